The zero-order chi connectivity index (χ0) is 20.4. The average molecular weight is 396 g/mol. The van der Waals surface area contributed by atoms with E-state index in [2.05, 4.69) is 71.7 Å². The van der Waals surface area contributed by atoms with E-state index in [-0.39, 0.29) is 0 Å². The van der Waals surface area contributed by atoms with Gasteiger partial charge in [0.2, 0.25) is 0 Å². The lowest BCUT2D eigenvalue weighted by Crippen LogP contribution is -1.98. The highest BCUT2D eigenvalue weighted by atomic mass is 15.5. The normalized spacial score (nSPS) is 11.9. The summed E-state index contributed by atoms with van der Waals surface area (Å²) in [4.78, 5) is 5.78. The minimum atomic E-state index is 0.875. The third-order valence-corrected chi connectivity index (χ3v) is 6.12. The lowest BCUT2D eigenvalue weighted by Gasteiger charge is -2.14. The molecule has 0 amide bonds. The fraction of sp³-hybridized carbons (Fsp3) is 0. The Kier molecular flexibility index (Phi) is 3.24. The highest BCUT2D eigenvalue weighted by Crippen LogP contribution is 2.40. The molecule has 7 aromatic rings. The van der Waals surface area contributed by atoms with E-state index in [1.165, 1.54) is 37.9 Å². The van der Waals surface area contributed by atoms with Gasteiger partial charge in [-0.25, -0.2) is 0 Å². The van der Waals surface area contributed by atoms with Crippen LogP contribution in [0.5, 0.6) is 0 Å². The van der Waals surface area contributed by atoms with Crippen molar-refractivity contribution in [3.8, 4) is 16.8 Å². The van der Waals surface area contributed by atoms with Crippen LogP contribution in [0.15, 0.2) is 97.3 Å². The largest absolute Gasteiger partial charge is 0.265 e. The number of nitrogens with zero attached hydrogens (tertiary/aromatic N) is 4. The molecule has 0 atom stereocenters. The summed E-state index contributed by atoms with van der Waals surface area (Å²) >= 11 is 0. The summed E-state index contributed by atoms with van der Waals surface area (Å²) in [7, 11) is 0. The van der Waals surface area contributed by atoms with Crippen LogP contribution in [0.3, 0.4) is 0 Å². The summed E-state index contributed by atoms with van der Waals surface area (Å²) in [5, 5.41) is 17.2. The molecule has 7 rings (SSSR count). The van der Waals surface area contributed by atoms with Crippen LogP contribution in [0.4, 0.5) is 0 Å². The molecule has 4 heteroatoms. The van der Waals surface area contributed by atoms with Crippen molar-refractivity contribution in [1.29, 1.82) is 0 Å². The van der Waals surface area contributed by atoms with Crippen molar-refractivity contribution in [2.75, 3.05) is 0 Å². The minimum Gasteiger partial charge on any atom is -0.265 e. The molecule has 0 radical (unpaired) electrons. The lowest BCUT2D eigenvalue weighted by atomic mass is 9.89. The Morgan fingerprint density at radius 1 is 0.548 bits per heavy atom. The summed E-state index contributed by atoms with van der Waals surface area (Å²) in [6, 6.07) is 29.9. The van der Waals surface area contributed by atoms with Gasteiger partial charge in [0, 0.05) is 18.0 Å². The monoisotopic (exact) mass is 396 g/mol. The molecule has 2 aromatic heterocycles. The summed E-state index contributed by atoms with van der Waals surface area (Å²) in [6.45, 7) is 0. The van der Waals surface area contributed by atoms with Gasteiger partial charge in [-0.2, -0.15) is 4.80 Å². The highest BCUT2D eigenvalue weighted by molar-refractivity contribution is 6.26. The molecule has 0 N–H and O–H groups in total. The average Bonchev–Trinajstić information content (AvgIpc) is 3.28. The van der Waals surface area contributed by atoms with E-state index in [9.17, 15) is 0 Å². The Morgan fingerprint density at radius 3 is 2.10 bits per heavy atom. The van der Waals surface area contributed by atoms with Crippen LogP contribution in [-0.2, 0) is 0 Å². The zero-order valence-corrected chi connectivity index (χ0v) is 16.5. The van der Waals surface area contributed by atoms with Gasteiger partial charge in [-0.3, -0.25) is 4.98 Å². The second kappa shape index (κ2) is 6.09. The van der Waals surface area contributed by atoms with E-state index in [0.29, 0.717) is 0 Å². The number of benzene rings is 5. The van der Waals surface area contributed by atoms with Crippen LogP contribution in [-0.4, -0.2) is 20.0 Å². The van der Waals surface area contributed by atoms with Crippen LogP contribution in [0.25, 0.3) is 60.2 Å². The maximum Gasteiger partial charge on any atom is 0.121 e. The summed E-state index contributed by atoms with van der Waals surface area (Å²) in [6.07, 6.45) is 3.51. The number of fused-ring (bicyclic) bond motifs is 1. The molecule has 31 heavy (non-hydrogen) atoms. The number of pyridine rings is 1. The Labute approximate surface area is 177 Å². The number of hydrogen-bond donors (Lipinski definition) is 0. The first-order chi connectivity index (χ1) is 15.4. The van der Waals surface area contributed by atoms with Crippen molar-refractivity contribution in [2.24, 2.45) is 0 Å². The molecule has 0 aliphatic carbocycles. The van der Waals surface area contributed by atoms with Crippen LogP contribution >= 0.6 is 0 Å². The third kappa shape index (κ3) is 2.33. The molecule has 0 bridgehead atoms. The number of aromatic nitrogens is 4. The van der Waals surface area contributed by atoms with Crippen molar-refractivity contribution >= 4 is 43.4 Å². The minimum absolute atomic E-state index is 0.875. The van der Waals surface area contributed by atoms with E-state index >= 15 is 0 Å². The molecule has 2 heterocycles. The molecule has 0 aliphatic rings. The van der Waals surface area contributed by atoms with E-state index in [0.717, 1.165) is 22.3 Å². The zero-order valence-electron chi connectivity index (χ0n) is 16.5. The van der Waals surface area contributed by atoms with Crippen molar-refractivity contribution in [3.05, 3.63) is 97.3 Å². The summed E-state index contributed by atoms with van der Waals surface area (Å²) in [5.41, 5.74) is 4.94. The second-order valence-corrected chi connectivity index (χ2v) is 7.84. The molecular weight excluding hydrogens is 380 g/mol. The molecule has 5 aromatic carbocycles. The van der Waals surface area contributed by atoms with Crippen molar-refractivity contribution in [2.45, 2.75) is 0 Å². The van der Waals surface area contributed by atoms with Gasteiger partial charge in [0.1, 0.15) is 11.0 Å². The van der Waals surface area contributed by atoms with E-state index < -0.39 is 0 Å². The Hall–Kier alpha value is -4.31. The van der Waals surface area contributed by atoms with Gasteiger partial charge in [0.05, 0.1) is 5.69 Å². The Balaban J connectivity index is 1.55. The molecular formula is C27H16N4. The van der Waals surface area contributed by atoms with Crippen molar-refractivity contribution in [1.82, 2.24) is 20.0 Å². The highest BCUT2D eigenvalue weighted by Gasteiger charge is 2.15. The van der Waals surface area contributed by atoms with Gasteiger partial charge in [-0.15, -0.1) is 10.2 Å². The van der Waals surface area contributed by atoms with Gasteiger partial charge < -0.3 is 0 Å². The second-order valence-electron chi connectivity index (χ2n) is 7.84. The molecule has 0 saturated heterocycles. The molecule has 0 fully saturated rings. The predicted molar refractivity (Wildman–Crippen MR) is 126 cm³/mol. The molecule has 0 aliphatic heterocycles. The van der Waals surface area contributed by atoms with Gasteiger partial charge in [0.15, 0.2) is 0 Å². The van der Waals surface area contributed by atoms with Gasteiger partial charge in [0.25, 0.3) is 0 Å². The first-order valence-electron chi connectivity index (χ1n) is 10.3. The van der Waals surface area contributed by atoms with E-state index in [4.69, 9.17) is 10.2 Å². The van der Waals surface area contributed by atoms with Crippen LogP contribution in [0.2, 0.25) is 0 Å². The molecule has 0 spiro atoms. The first kappa shape index (κ1) is 16.5. The van der Waals surface area contributed by atoms with Crippen LogP contribution in [0, 0.1) is 0 Å². The fourth-order valence-electron chi connectivity index (χ4n) is 4.72. The van der Waals surface area contributed by atoms with Gasteiger partial charge >= 0.3 is 0 Å². The van der Waals surface area contributed by atoms with Crippen molar-refractivity contribution in [3.63, 3.8) is 0 Å². The number of rotatable bonds is 2. The molecule has 144 valence electrons. The van der Waals surface area contributed by atoms with E-state index in [1.54, 1.807) is 17.2 Å². The SMILES string of the molecule is c1cc2ccc3ccc(-c4cccc5nn(-c6ccncc6)nc45)c4ccc(c1)c2c34. The molecule has 0 unspecified atom stereocenters. The smallest absolute Gasteiger partial charge is 0.121 e. The van der Waals surface area contributed by atoms with E-state index in [1.807, 2.05) is 18.2 Å². The quantitative estimate of drug-likeness (QED) is 0.319. The topological polar surface area (TPSA) is 43.6 Å². The van der Waals surface area contributed by atoms with Crippen LogP contribution < -0.4 is 0 Å². The predicted octanol–water partition coefficient (Wildman–Crippen LogP) is 6.38. The molecule has 0 saturated carbocycles. The van der Waals surface area contributed by atoms with Gasteiger partial charge in [-0.05, 0) is 56.1 Å². The molecule has 4 nitrogen and oxygen atoms in total. The standard InChI is InChI=1S/C27H16N4/c1-3-17-7-8-19-9-11-21(22-12-10-18(4-1)25(17)26(19)22)23-5-2-6-24-27(23)30-31(29-24)20-13-15-28-16-14-20/h1-16H. The fourth-order valence-corrected chi connectivity index (χ4v) is 4.72. The van der Waals surface area contributed by atoms with Gasteiger partial charge in [-0.1, -0.05) is 66.7 Å². The lowest BCUT2D eigenvalue weighted by molar-refractivity contribution is 0.764. The maximum absolute atomic E-state index is 4.85. The summed E-state index contributed by atoms with van der Waals surface area (Å²) in [5.74, 6) is 0. The maximum atomic E-state index is 4.85. The number of hydrogen-bond acceptors (Lipinski definition) is 3. The van der Waals surface area contributed by atoms with Crippen molar-refractivity contribution < 1.29 is 0 Å². The Bertz CT molecular complexity index is 1720. The first-order valence-corrected chi connectivity index (χ1v) is 10.3. The van der Waals surface area contributed by atoms with Crippen LogP contribution in [0.1, 0.15) is 0 Å². The summed E-state index contributed by atoms with van der Waals surface area (Å²) < 4.78 is 0. The Morgan fingerprint density at radius 2 is 1.26 bits per heavy atom. The third-order valence-electron chi connectivity index (χ3n) is 6.12.